The first-order chi connectivity index (χ1) is 8.83. The third-order valence-corrected chi connectivity index (χ3v) is 3.07. The predicted molar refractivity (Wildman–Crippen MR) is 70.6 cm³/mol. The Kier molecular flexibility index (Phi) is 4.37. The molecule has 0 radical (unpaired) electrons. The second-order valence-corrected chi connectivity index (χ2v) is 4.35. The van der Waals surface area contributed by atoms with Crippen LogP contribution in [0, 0.1) is 11.3 Å². The molecule has 1 aliphatic heterocycles. The maximum absolute atomic E-state index is 9.04. The van der Waals surface area contributed by atoms with Gasteiger partial charge < -0.3 is 15.4 Å². The first kappa shape index (κ1) is 12.7. The molecule has 2 heterocycles. The highest BCUT2D eigenvalue weighted by Crippen LogP contribution is 2.19. The van der Waals surface area contributed by atoms with Gasteiger partial charge in [0.15, 0.2) is 0 Å². The third kappa shape index (κ3) is 3.11. The van der Waals surface area contributed by atoms with Gasteiger partial charge in [0.1, 0.15) is 11.9 Å². The van der Waals surface area contributed by atoms with E-state index < -0.39 is 0 Å². The van der Waals surface area contributed by atoms with Gasteiger partial charge in [0.05, 0.1) is 17.4 Å². The lowest BCUT2D eigenvalue weighted by molar-refractivity contribution is 0.0247. The molecule has 1 fully saturated rings. The topological polar surface area (TPSA) is 70.0 Å². The van der Waals surface area contributed by atoms with Crippen LogP contribution in [0.4, 0.5) is 11.5 Å². The van der Waals surface area contributed by atoms with Crippen LogP contribution < -0.4 is 10.6 Å². The van der Waals surface area contributed by atoms with Crippen LogP contribution in [0.15, 0.2) is 12.3 Å². The number of hydrogen-bond donors (Lipinski definition) is 2. The Morgan fingerprint density at radius 3 is 3.11 bits per heavy atom. The molecule has 0 aliphatic carbocycles. The number of ether oxygens (including phenoxy) is 1. The Hall–Kier alpha value is -1.80. The Morgan fingerprint density at radius 1 is 1.56 bits per heavy atom. The van der Waals surface area contributed by atoms with E-state index in [9.17, 15) is 0 Å². The highest BCUT2D eigenvalue weighted by Gasteiger charge is 2.14. The minimum absolute atomic E-state index is 0.247. The zero-order chi connectivity index (χ0) is 12.8. The number of nitrogens with zero attached hydrogens (tertiary/aromatic N) is 2. The third-order valence-electron chi connectivity index (χ3n) is 3.07. The normalized spacial score (nSPS) is 19.0. The summed E-state index contributed by atoms with van der Waals surface area (Å²) in [7, 11) is 1.81. The fraction of sp³-hybridized carbons (Fsp3) is 0.538. The van der Waals surface area contributed by atoms with Gasteiger partial charge in [-0.3, -0.25) is 0 Å². The molecule has 1 aromatic rings. The number of nitriles is 1. The summed E-state index contributed by atoms with van der Waals surface area (Å²) in [4.78, 5) is 4.12. The first-order valence-electron chi connectivity index (χ1n) is 6.27. The number of rotatable bonds is 4. The van der Waals surface area contributed by atoms with Gasteiger partial charge in [-0.15, -0.1) is 0 Å². The Balaban J connectivity index is 2.00. The van der Waals surface area contributed by atoms with Gasteiger partial charge in [0, 0.05) is 32.5 Å². The maximum Gasteiger partial charge on any atom is 0.127 e. The van der Waals surface area contributed by atoms with Crippen LogP contribution in [0.1, 0.15) is 24.8 Å². The molecule has 1 aromatic heterocycles. The van der Waals surface area contributed by atoms with Crippen LogP contribution in [0.25, 0.3) is 0 Å². The van der Waals surface area contributed by atoms with Crippen molar-refractivity contribution in [3.63, 3.8) is 0 Å². The monoisotopic (exact) mass is 246 g/mol. The molecular weight excluding hydrogens is 228 g/mol. The van der Waals surface area contributed by atoms with Crippen molar-refractivity contribution in [1.82, 2.24) is 4.98 Å². The van der Waals surface area contributed by atoms with Crippen LogP contribution in [-0.4, -0.2) is 31.3 Å². The summed E-state index contributed by atoms with van der Waals surface area (Å²) in [6.07, 6.45) is 5.28. The van der Waals surface area contributed by atoms with E-state index in [1.165, 1.54) is 6.42 Å². The molecule has 18 heavy (non-hydrogen) atoms. The van der Waals surface area contributed by atoms with Crippen LogP contribution in [-0.2, 0) is 4.74 Å². The van der Waals surface area contributed by atoms with Crippen molar-refractivity contribution in [3.05, 3.63) is 17.8 Å². The van der Waals surface area contributed by atoms with Gasteiger partial charge in [0.25, 0.3) is 0 Å². The van der Waals surface area contributed by atoms with Gasteiger partial charge >= 0.3 is 0 Å². The molecule has 0 saturated carbocycles. The summed E-state index contributed by atoms with van der Waals surface area (Å²) in [5, 5.41) is 15.3. The maximum atomic E-state index is 9.04. The lowest BCUT2D eigenvalue weighted by Crippen LogP contribution is -2.27. The summed E-state index contributed by atoms with van der Waals surface area (Å²) < 4.78 is 5.65. The summed E-state index contributed by atoms with van der Waals surface area (Å²) in [6.45, 7) is 1.58. The molecule has 5 heteroatoms. The van der Waals surface area contributed by atoms with Crippen LogP contribution >= 0.6 is 0 Å². The van der Waals surface area contributed by atoms with E-state index in [4.69, 9.17) is 10.00 Å². The molecule has 2 N–H and O–H groups in total. The molecule has 1 aliphatic rings. The Labute approximate surface area is 107 Å². The van der Waals surface area contributed by atoms with Crippen molar-refractivity contribution in [2.75, 3.05) is 30.8 Å². The van der Waals surface area contributed by atoms with E-state index in [1.54, 1.807) is 6.20 Å². The molecule has 2 rings (SSSR count). The highest BCUT2D eigenvalue weighted by molar-refractivity contribution is 5.61. The Morgan fingerprint density at radius 2 is 2.44 bits per heavy atom. The lowest BCUT2D eigenvalue weighted by atomic mass is 10.1. The second-order valence-electron chi connectivity index (χ2n) is 4.35. The molecule has 0 aromatic carbocycles. The Bertz CT molecular complexity index is 435. The summed E-state index contributed by atoms with van der Waals surface area (Å²) in [6, 6.07) is 3.99. The number of hydrogen-bond acceptors (Lipinski definition) is 5. The van der Waals surface area contributed by atoms with Crippen molar-refractivity contribution in [1.29, 1.82) is 5.26 Å². The number of aromatic nitrogens is 1. The lowest BCUT2D eigenvalue weighted by Gasteiger charge is -2.23. The van der Waals surface area contributed by atoms with E-state index in [-0.39, 0.29) is 6.10 Å². The van der Waals surface area contributed by atoms with E-state index >= 15 is 0 Å². The van der Waals surface area contributed by atoms with E-state index in [0.717, 1.165) is 37.5 Å². The van der Waals surface area contributed by atoms with Gasteiger partial charge in [-0.25, -0.2) is 4.98 Å². The van der Waals surface area contributed by atoms with Crippen molar-refractivity contribution in [3.8, 4) is 6.07 Å². The largest absolute Gasteiger partial charge is 0.381 e. The van der Waals surface area contributed by atoms with Gasteiger partial charge in [-0.05, 0) is 19.3 Å². The average molecular weight is 246 g/mol. The van der Waals surface area contributed by atoms with Crippen molar-refractivity contribution < 1.29 is 4.74 Å². The van der Waals surface area contributed by atoms with Crippen LogP contribution in [0.2, 0.25) is 0 Å². The minimum atomic E-state index is 0.247. The molecule has 1 atom stereocenters. The van der Waals surface area contributed by atoms with Crippen molar-refractivity contribution in [2.45, 2.75) is 25.4 Å². The zero-order valence-electron chi connectivity index (χ0n) is 10.6. The number of pyridine rings is 1. The van der Waals surface area contributed by atoms with Crippen LogP contribution in [0.5, 0.6) is 0 Å². The quantitative estimate of drug-likeness (QED) is 0.850. The van der Waals surface area contributed by atoms with Gasteiger partial charge in [-0.2, -0.15) is 5.26 Å². The fourth-order valence-corrected chi connectivity index (χ4v) is 2.02. The standard InChI is InChI=1S/C13H18N4O/c1-15-13-6-12(10(7-14)8-17-13)16-9-11-4-2-3-5-18-11/h6,8,11H,2-5,9H2,1H3,(H2,15,16,17). The van der Waals surface area contributed by atoms with Gasteiger partial charge in [0.2, 0.25) is 0 Å². The summed E-state index contributed by atoms with van der Waals surface area (Å²) in [5.41, 5.74) is 1.37. The zero-order valence-corrected chi connectivity index (χ0v) is 10.6. The number of nitrogens with one attached hydrogen (secondary N) is 2. The molecule has 1 unspecified atom stereocenters. The fourth-order valence-electron chi connectivity index (χ4n) is 2.02. The summed E-state index contributed by atoms with van der Waals surface area (Å²) >= 11 is 0. The SMILES string of the molecule is CNc1cc(NCC2CCCCO2)c(C#N)cn1. The molecular formula is C13H18N4O. The smallest absolute Gasteiger partial charge is 0.127 e. The van der Waals surface area contributed by atoms with E-state index in [0.29, 0.717) is 5.56 Å². The highest BCUT2D eigenvalue weighted by atomic mass is 16.5. The van der Waals surface area contributed by atoms with E-state index in [1.807, 2.05) is 13.1 Å². The van der Waals surface area contributed by atoms with Crippen molar-refractivity contribution >= 4 is 11.5 Å². The molecule has 0 spiro atoms. The number of anilines is 2. The molecule has 0 amide bonds. The van der Waals surface area contributed by atoms with E-state index in [2.05, 4.69) is 21.7 Å². The molecule has 1 saturated heterocycles. The average Bonchev–Trinajstić information content (AvgIpc) is 2.45. The first-order valence-corrected chi connectivity index (χ1v) is 6.27. The predicted octanol–water partition coefficient (Wildman–Crippen LogP) is 1.98. The van der Waals surface area contributed by atoms with Crippen molar-refractivity contribution in [2.24, 2.45) is 0 Å². The molecule has 5 nitrogen and oxygen atoms in total. The van der Waals surface area contributed by atoms with Crippen LogP contribution in [0.3, 0.4) is 0 Å². The second kappa shape index (κ2) is 6.22. The molecule has 0 bridgehead atoms. The molecule has 96 valence electrons. The minimum Gasteiger partial charge on any atom is -0.381 e. The van der Waals surface area contributed by atoms with Gasteiger partial charge in [-0.1, -0.05) is 0 Å². The summed E-state index contributed by atoms with van der Waals surface area (Å²) in [5.74, 6) is 0.751.